The summed E-state index contributed by atoms with van der Waals surface area (Å²) in [4.78, 5) is 17.0. The van der Waals surface area contributed by atoms with E-state index in [4.69, 9.17) is 4.74 Å². The Hall–Kier alpha value is -1.39. The molecule has 0 bridgehead atoms. The number of carbonyl (C=O) groups excluding carboxylic acids is 1. The predicted molar refractivity (Wildman–Crippen MR) is 86.8 cm³/mol. The number of amides is 1. The Kier molecular flexibility index (Phi) is 4.50. The molecular formula is C18H26N2O2. The summed E-state index contributed by atoms with van der Waals surface area (Å²) in [5.41, 5.74) is 2.46. The Morgan fingerprint density at radius 2 is 2.00 bits per heavy atom. The molecule has 1 spiro atoms. The van der Waals surface area contributed by atoms with Crippen LogP contribution in [0.1, 0.15) is 17.5 Å². The third kappa shape index (κ3) is 3.50. The first kappa shape index (κ1) is 15.5. The van der Waals surface area contributed by atoms with E-state index in [0.29, 0.717) is 13.0 Å². The van der Waals surface area contributed by atoms with Crippen LogP contribution in [0.5, 0.6) is 0 Å². The van der Waals surface area contributed by atoms with E-state index < -0.39 is 0 Å². The third-order valence-corrected chi connectivity index (χ3v) is 4.90. The summed E-state index contributed by atoms with van der Waals surface area (Å²) in [6.07, 6.45) is 1.62. The van der Waals surface area contributed by atoms with Gasteiger partial charge in [-0.25, -0.2) is 0 Å². The number of ether oxygens (including phenoxy) is 1. The number of carbonyl (C=O) groups is 1. The molecule has 0 radical (unpaired) electrons. The smallest absolute Gasteiger partial charge is 0.227 e. The van der Waals surface area contributed by atoms with Gasteiger partial charge >= 0.3 is 0 Å². The van der Waals surface area contributed by atoms with Crippen LogP contribution in [-0.2, 0) is 16.0 Å². The van der Waals surface area contributed by atoms with Crippen LogP contribution in [0.2, 0.25) is 0 Å². The van der Waals surface area contributed by atoms with Crippen molar-refractivity contribution in [2.45, 2.75) is 19.8 Å². The number of nitrogens with zero attached hydrogens (tertiary/aromatic N) is 2. The van der Waals surface area contributed by atoms with Crippen LogP contribution < -0.4 is 0 Å². The van der Waals surface area contributed by atoms with Gasteiger partial charge in [-0.2, -0.15) is 0 Å². The maximum absolute atomic E-state index is 12.7. The molecule has 2 aliphatic rings. The van der Waals surface area contributed by atoms with Gasteiger partial charge in [0.05, 0.1) is 19.6 Å². The van der Waals surface area contributed by atoms with Gasteiger partial charge in [0.25, 0.3) is 0 Å². The molecule has 22 heavy (non-hydrogen) atoms. The second kappa shape index (κ2) is 6.39. The lowest BCUT2D eigenvalue weighted by Crippen LogP contribution is -2.43. The molecule has 3 rings (SSSR count). The summed E-state index contributed by atoms with van der Waals surface area (Å²) >= 11 is 0. The van der Waals surface area contributed by atoms with Crippen molar-refractivity contribution in [2.24, 2.45) is 5.41 Å². The fraction of sp³-hybridized carbons (Fsp3) is 0.611. The van der Waals surface area contributed by atoms with Crippen molar-refractivity contribution < 1.29 is 9.53 Å². The van der Waals surface area contributed by atoms with Gasteiger partial charge in [-0.3, -0.25) is 4.79 Å². The Morgan fingerprint density at radius 3 is 2.68 bits per heavy atom. The van der Waals surface area contributed by atoms with Crippen LogP contribution in [0.25, 0.3) is 0 Å². The number of benzene rings is 1. The quantitative estimate of drug-likeness (QED) is 0.834. The van der Waals surface area contributed by atoms with E-state index in [1.807, 2.05) is 4.90 Å². The highest BCUT2D eigenvalue weighted by Gasteiger charge is 2.40. The highest BCUT2D eigenvalue weighted by Crippen LogP contribution is 2.32. The van der Waals surface area contributed by atoms with Crippen LogP contribution >= 0.6 is 0 Å². The molecule has 1 amide bonds. The minimum Gasteiger partial charge on any atom is -0.379 e. The van der Waals surface area contributed by atoms with Crippen molar-refractivity contribution in [1.29, 1.82) is 0 Å². The number of likely N-dealkylation sites (tertiary alicyclic amines) is 1. The Labute approximate surface area is 133 Å². The molecule has 0 N–H and O–H groups in total. The second-order valence-corrected chi connectivity index (χ2v) is 7.02. The monoisotopic (exact) mass is 302 g/mol. The van der Waals surface area contributed by atoms with Gasteiger partial charge in [0.2, 0.25) is 5.91 Å². The van der Waals surface area contributed by atoms with Crippen molar-refractivity contribution >= 4 is 5.91 Å². The number of aryl methyl sites for hydroxylation is 1. The summed E-state index contributed by atoms with van der Waals surface area (Å²) in [6.45, 7) is 7.19. The molecular weight excluding hydrogens is 276 g/mol. The maximum Gasteiger partial charge on any atom is 0.227 e. The summed E-state index contributed by atoms with van der Waals surface area (Å²) in [7, 11) is 2.15. The summed E-state index contributed by atoms with van der Waals surface area (Å²) < 4.78 is 5.81. The van der Waals surface area contributed by atoms with Gasteiger partial charge in [0.1, 0.15) is 0 Å². The number of hydrogen-bond acceptors (Lipinski definition) is 3. The molecule has 0 unspecified atom stereocenters. The number of rotatable bonds is 2. The summed E-state index contributed by atoms with van der Waals surface area (Å²) in [5, 5.41) is 0. The van der Waals surface area contributed by atoms with E-state index in [-0.39, 0.29) is 11.3 Å². The lowest BCUT2D eigenvalue weighted by molar-refractivity contribution is -0.131. The highest BCUT2D eigenvalue weighted by molar-refractivity contribution is 5.78. The molecule has 2 saturated heterocycles. The van der Waals surface area contributed by atoms with E-state index in [1.54, 1.807) is 0 Å². The zero-order chi connectivity index (χ0) is 15.6. The topological polar surface area (TPSA) is 32.8 Å². The van der Waals surface area contributed by atoms with Crippen molar-refractivity contribution in [1.82, 2.24) is 9.80 Å². The van der Waals surface area contributed by atoms with E-state index in [9.17, 15) is 4.79 Å². The predicted octanol–water partition coefficient (Wildman–Crippen LogP) is 1.72. The molecule has 2 fully saturated rings. The van der Waals surface area contributed by atoms with Crippen LogP contribution in [0.3, 0.4) is 0 Å². The zero-order valence-electron chi connectivity index (χ0n) is 13.7. The fourth-order valence-electron chi connectivity index (χ4n) is 3.60. The van der Waals surface area contributed by atoms with E-state index in [2.05, 4.69) is 43.1 Å². The third-order valence-electron chi connectivity index (χ3n) is 4.90. The fourth-order valence-corrected chi connectivity index (χ4v) is 3.60. The van der Waals surface area contributed by atoms with Gasteiger partial charge in [-0.05, 0) is 32.5 Å². The van der Waals surface area contributed by atoms with Gasteiger partial charge in [-0.1, -0.05) is 29.8 Å². The first-order chi connectivity index (χ1) is 10.6. The molecule has 1 atom stereocenters. The van der Waals surface area contributed by atoms with Crippen LogP contribution in [0.15, 0.2) is 24.3 Å². The standard InChI is InChI=1S/C18H26N2O2/c1-15-3-5-16(6-4-15)11-17(21)20-9-10-22-14-18(13-20)7-8-19(2)12-18/h3-6H,7-14H2,1-2H3/t18-/m1/s1. The zero-order valence-corrected chi connectivity index (χ0v) is 13.7. The molecule has 1 aromatic carbocycles. The van der Waals surface area contributed by atoms with Gasteiger partial charge in [0.15, 0.2) is 0 Å². The van der Waals surface area contributed by atoms with Crippen molar-refractivity contribution in [3.05, 3.63) is 35.4 Å². The molecule has 2 aliphatic heterocycles. The second-order valence-electron chi connectivity index (χ2n) is 7.02. The van der Waals surface area contributed by atoms with Crippen molar-refractivity contribution in [2.75, 3.05) is 46.4 Å². The average Bonchev–Trinajstić information content (AvgIpc) is 2.72. The largest absolute Gasteiger partial charge is 0.379 e. The molecule has 0 aromatic heterocycles. The molecule has 4 nitrogen and oxygen atoms in total. The highest BCUT2D eigenvalue weighted by atomic mass is 16.5. The normalized spacial score (nSPS) is 26.4. The Balaban J connectivity index is 1.67. The maximum atomic E-state index is 12.7. The molecule has 4 heteroatoms. The number of hydrogen-bond donors (Lipinski definition) is 0. The summed E-state index contributed by atoms with van der Waals surface area (Å²) in [6, 6.07) is 8.25. The van der Waals surface area contributed by atoms with Gasteiger partial charge in [-0.15, -0.1) is 0 Å². The van der Waals surface area contributed by atoms with Crippen LogP contribution in [0, 0.1) is 12.3 Å². The molecule has 120 valence electrons. The first-order valence-corrected chi connectivity index (χ1v) is 8.16. The lowest BCUT2D eigenvalue weighted by atomic mass is 9.87. The van der Waals surface area contributed by atoms with E-state index in [0.717, 1.165) is 44.8 Å². The average molecular weight is 302 g/mol. The van der Waals surface area contributed by atoms with E-state index >= 15 is 0 Å². The minimum atomic E-state index is 0.133. The summed E-state index contributed by atoms with van der Waals surface area (Å²) in [5.74, 6) is 0.225. The van der Waals surface area contributed by atoms with E-state index in [1.165, 1.54) is 5.56 Å². The SMILES string of the molecule is Cc1ccc(CC(=O)N2CCOC[C@@]3(CCN(C)C3)C2)cc1. The lowest BCUT2D eigenvalue weighted by Gasteiger charge is -2.31. The molecule has 1 aromatic rings. The van der Waals surface area contributed by atoms with Gasteiger partial charge in [0, 0.05) is 25.0 Å². The van der Waals surface area contributed by atoms with Crippen molar-refractivity contribution in [3.63, 3.8) is 0 Å². The van der Waals surface area contributed by atoms with Crippen molar-refractivity contribution in [3.8, 4) is 0 Å². The van der Waals surface area contributed by atoms with Crippen LogP contribution in [0.4, 0.5) is 0 Å². The molecule has 0 aliphatic carbocycles. The Morgan fingerprint density at radius 1 is 1.23 bits per heavy atom. The first-order valence-electron chi connectivity index (χ1n) is 8.16. The Bertz CT molecular complexity index is 528. The minimum absolute atomic E-state index is 0.133. The van der Waals surface area contributed by atoms with Gasteiger partial charge < -0.3 is 14.5 Å². The molecule has 0 saturated carbocycles. The molecule has 2 heterocycles. The van der Waals surface area contributed by atoms with Crippen LogP contribution in [-0.4, -0.2) is 62.1 Å².